The summed E-state index contributed by atoms with van der Waals surface area (Å²) in [6, 6.07) is 7.53. The Hall–Kier alpha value is -1.68. The predicted molar refractivity (Wildman–Crippen MR) is 67.5 cm³/mol. The van der Waals surface area contributed by atoms with Crippen molar-refractivity contribution in [1.29, 1.82) is 0 Å². The van der Waals surface area contributed by atoms with Gasteiger partial charge >= 0.3 is 5.97 Å². The SMILES string of the molecule is O=Cc1ccc(CN2CCC(C(=O)O)CC2)cc1. The summed E-state index contributed by atoms with van der Waals surface area (Å²) < 4.78 is 0. The second kappa shape index (κ2) is 5.78. The van der Waals surface area contributed by atoms with E-state index in [2.05, 4.69) is 4.90 Å². The molecule has 0 spiro atoms. The van der Waals surface area contributed by atoms with Crippen molar-refractivity contribution >= 4 is 12.3 Å². The minimum atomic E-state index is -0.676. The Morgan fingerprint density at radius 3 is 2.39 bits per heavy atom. The number of benzene rings is 1. The van der Waals surface area contributed by atoms with Gasteiger partial charge in [0, 0.05) is 12.1 Å². The smallest absolute Gasteiger partial charge is 0.306 e. The van der Waals surface area contributed by atoms with Gasteiger partial charge in [-0.3, -0.25) is 14.5 Å². The molecule has 96 valence electrons. The van der Waals surface area contributed by atoms with Gasteiger partial charge in [0.2, 0.25) is 0 Å². The maximum Gasteiger partial charge on any atom is 0.306 e. The van der Waals surface area contributed by atoms with Gasteiger partial charge in [-0.25, -0.2) is 0 Å². The van der Waals surface area contributed by atoms with Crippen molar-refractivity contribution in [3.8, 4) is 0 Å². The first-order valence-electron chi connectivity index (χ1n) is 6.18. The van der Waals surface area contributed by atoms with Crippen molar-refractivity contribution in [2.45, 2.75) is 19.4 Å². The van der Waals surface area contributed by atoms with E-state index in [4.69, 9.17) is 5.11 Å². The maximum atomic E-state index is 10.8. The van der Waals surface area contributed by atoms with Crippen molar-refractivity contribution in [2.24, 2.45) is 5.92 Å². The molecule has 1 aliphatic rings. The molecule has 1 aliphatic heterocycles. The summed E-state index contributed by atoms with van der Waals surface area (Å²) in [6.45, 7) is 2.48. The van der Waals surface area contributed by atoms with Crippen molar-refractivity contribution in [1.82, 2.24) is 4.90 Å². The molecular weight excluding hydrogens is 230 g/mol. The van der Waals surface area contributed by atoms with E-state index in [1.54, 1.807) is 0 Å². The van der Waals surface area contributed by atoms with Crippen LogP contribution in [0.15, 0.2) is 24.3 Å². The highest BCUT2D eigenvalue weighted by molar-refractivity contribution is 5.74. The Labute approximate surface area is 106 Å². The molecule has 0 unspecified atom stereocenters. The lowest BCUT2D eigenvalue weighted by Gasteiger charge is -2.29. The van der Waals surface area contributed by atoms with Crippen molar-refractivity contribution < 1.29 is 14.7 Å². The number of carboxylic acid groups (broad SMARTS) is 1. The zero-order valence-electron chi connectivity index (χ0n) is 10.2. The van der Waals surface area contributed by atoms with Gasteiger partial charge in [-0.05, 0) is 31.5 Å². The zero-order chi connectivity index (χ0) is 13.0. The number of hydrogen-bond donors (Lipinski definition) is 1. The van der Waals surface area contributed by atoms with Crippen LogP contribution < -0.4 is 0 Å². The minimum Gasteiger partial charge on any atom is -0.481 e. The number of aliphatic carboxylic acids is 1. The van der Waals surface area contributed by atoms with Crippen LogP contribution in [0, 0.1) is 5.92 Å². The van der Waals surface area contributed by atoms with Crippen LogP contribution in [0.3, 0.4) is 0 Å². The molecule has 1 fully saturated rings. The standard InChI is InChI=1S/C14H17NO3/c16-10-12-3-1-11(2-4-12)9-15-7-5-13(6-8-15)14(17)18/h1-4,10,13H,5-9H2,(H,17,18). The molecule has 0 atom stereocenters. The van der Waals surface area contributed by atoms with E-state index in [1.165, 1.54) is 0 Å². The van der Waals surface area contributed by atoms with Crippen LogP contribution in [-0.2, 0) is 11.3 Å². The Balaban J connectivity index is 1.87. The van der Waals surface area contributed by atoms with E-state index >= 15 is 0 Å². The molecule has 0 aliphatic carbocycles. The lowest BCUT2D eigenvalue weighted by Crippen LogP contribution is -2.35. The van der Waals surface area contributed by atoms with Gasteiger partial charge in [0.05, 0.1) is 5.92 Å². The molecule has 1 aromatic carbocycles. The van der Waals surface area contributed by atoms with Crippen molar-refractivity contribution in [2.75, 3.05) is 13.1 Å². The van der Waals surface area contributed by atoms with Crippen molar-refractivity contribution in [3.63, 3.8) is 0 Å². The molecule has 4 heteroatoms. The Morgan fingerprint density at radius 1 is 1.28 bits per heavy atom. The monoisotopic (exact) mass is 247 g/mol. The first-order chi connectivity index (χ1) is 8.69. The van der Waals surface area contributed by atoms with E-state index in [-0.39, 0.29) is 5.92 Å². The summed E-state index contributed by atoms with van der Waals surface area (Å²) in [7, 11) is 0. The molecule has 0 amide bonds. The van der Waals surface area contributed by atoms with Crippen LogP contribution in [0.1, 0.15) is 28.8 Å². The number of carbonyl (C=O) groups is 2. The van der Waals surface area contributed by atoms with E-state index in [0.717, 1.165) is 44.3 Å². The van der Waals surface area contributed by atoms with E-state index in [1.807, 2.05) is 24.3 Å². The summed E-state index contributed by atoms with van der Waals surface area (Å²) in [5.74, 6) is -0.858. The molecule has 0 bridgehead atoms. The summed E-state index contributed by atoms with van der Waals surface area (Å²) in [6.07, 6.45) is 2.28. The highest BCUT2D eigenvalue weighted by atomic mass is 16.4. The average Bonchev–Trinajstić information content (AvgIpc) is 2.40. The fourth-order valence-corrected chi connectivity index (χ4v) is 2.30. The lowest BCUT2D eigenvalue weighted by atomic mass is 9.97. The molecule has 2 rings (SSSR count). The highest BCUT2D eigenvalue weighted by Gasteiger charge is 2.24. The number of nitrogens with zero attached hydrogens (tertiary/aromatic N) is 1. The van der Waals surface area contributed by atoms with Gasteiger partial charge < -0.3 is 5.11 Å². The maximum absolute atomic E-state index is 10.8. The Bertz CT molecular complexity index is 419. The fraction of sp³-hybridized carbons (Fsp3) is 0.429. The largest absolute Gasteiger partial charge is 0.481 e. The normalized spacial score (nSPS) is 17.6. The first kappa shape index (κ1) is 12.8. The molecule has 0 radical (unpaired) electrons. The topological polar surface area (TPSA) is 57.6 Å². The summed E-state index contributed by atoms with van der Waals surface area (Å²) in [5.41, 5.74) is 1.85. The molecule has 1 heterocycles. The van der Waals surface area contributed by atoms with Gasteiger partial charge in [0.15, 0.2) is 0 Å². The van der Waals surface area contributed by atoms with Crippen LogP contribution in [0.25, 0.3) is 0 Å². The van der Waals surface area contributed by atoms with Gasteiger partial charge in [-0.2, -0.15) is 0 Å². The van der Waals surface area contributed by atoms with Gasteiger partial charge in [0.1, 0.15) is 6.29 Å². The molecular formula is C14H17NO3. The van der Waals surface area contributed by atoms with Crippen LogP contribution >= 0.6 is 0 Å². The molecule has 0 saturated carbocycles. The third-order valence-corrected chi connectivity index (χ3v) is 3.46. The highest BCUT2D eigenvalue weighted by Crippen LogP contribution is 2.19. The van der Waals surface area contributed by atoms with E-state index in [0.29, 0.717) is 5.56 Å². The Morgan fingerprint density at radius 2 is 1.89 bits per heavy atom. The second-order valence-corrected chi connectivity index (χ2v) is 4.75. The minimum absolute atomic E-state index is 0.182. The molecule has 4 nitrogen and oxygen atoms in total. The number of rotatable bonds is 4. The fourth-order valence-electron chi connectivity index (χ4n) is 2.30. The van der Waals surface area contributed by atoms with E-state index < -0.39 is 5.97 Å². The van der Waals surface area contributed by atoms with Crippen LogP contribution in [0.4, 0.5) is 0 Å². The number of carbonyl (C=O) groups excluding carboxylic acids is 1. The number of hydrogen-bond acceptors (Lipinski definition) is 3. The number of aldehydes is 1. The summed E-state index contributed by atoms with van der Waals surface area (Å²) in [4.78, 5) is 23.6. The van der Waals surface area contributed by atoms with Gasteiger partial charge in [0.25, 0.3) is 0 Å². The second-order valence-electron chi connectivity index (χ2n) is 4.75. The van der Waals surface area contributed by atoms with Crippen molar-refractivity contribution in [3.05, 3.63) is 35.4 Å². The molecule has 1 saturated heterocycles. The van der Waals surface area contributed by atoms with Gasteiger partial charge in [-0.1, -0.05) is 24.3 Å². The molecule has 1 aromatic rings. The molecule has 18 heavy (non-hydrogen) atoms. The number of carboxylic acids is 1. The third-order valence-electron chi connectivity index (χ3n) is 3.46. The lowest BCUT2D eigenvalue weighted by molar-refractivity contribution is -0.143. The quantitative estimate of drug-likeness (QED) is 0.824. The average molecular weight is 247 g/mol. The van der Waals surface area contributed by atoms with E-state index in [9.17, 15) is 9.59 Å². The first-order valence-corrected chi connectivity index (χ1v) is 6.18. The number of likely N-dealkylation sites (tertiary alicyclic amines) is 1. The predicted octanol–water partition coefficient (Wildman–Crippen LogP) is 1.80. The third kappa shape index (κ3) is 3.17. The van der Waals surface area contributed by atoms with Gasteiger partial charge in [-0.15, -0.1) is 0 Å². The van der Waals surface area contributed by atoms with Crippen LogP contribution in [0.2, 0.25) is 0 Å². The molecule has 0 aromatic heterocycles. The zero-order valence-corrected chi connectivity index (χ0v) is 10.2. The summed E-state index contributed by atoms with van der Waals surface area (Å²) >= 11 is 0. The molecule has 1 N–H and O–H groups in total. The number of piperidine rings is 1. The van der Waals surface area contributed by atoms with Crippen LogP contribution in [-0.4, -0.2) is 35.4 Å². The summed E-state index contributed by atoms with van der Waals surface area (Å²) in [5, 5.41) is 8.92. The Kier molecular flexibility index (Phi) is 4.10. The van der Waals surface area contributed by atoms with Crippen LogP contribution in [0.5, 0.6) is 0 Å².